The molecule has 96 valence electrons. The van der Waals surface area contributed by atoms with Crippen LogP contribution in [0.1, 0.15) is 16.7 Å². The van der Waals surface area contributed by atoms with E-state index in [2.05, 4.69) is 46.4 Å². The lowest BCUT2D eigenvalue weighted by Gasteiger charge is -2.04. The summed E-state index contributed by atoms with van der Waals surface area (Å²) in [5, 5.41) is 1.18. The van der Waals surface area contributed by atoms with E-state index in [0.717, 1.165) is 12.1 Å². The summed E-state index contributed by atoms with van der Waals surface area (Å²) >= 11 is 0. The number of rotatable bonds is 0. The topological polar surface area (TPSA) is 13.2 Å². The maximum absolute atomic E-state index is 7.19. The van der Waals surface area contributed by atoms with Gasteiger partial charge in [-0.05, 0) is 31.5 Å². The van der Waals surface area contributed by atoms with Gasteiger partial charge in [-0.2, -0.15) is 0 Å². The first-order valence-corrected chi connectivity index (χ1v) is 6.70. The number of benzene rings is 2. The lowest BCUT2D eigenvalue weighted by Crippen LogP contribution is -2.36. The lowest BCUT2D eigenvalue weighted by atomic mass is 10.0. The molecule has 0 radical (unpaired) electrons. The number of aryl methyl sites for hydroxylation is 2. The van der Waals surface area contributed by atoms with Gasteiger partial charge in [-0.25, -0.2) is 4.85 Å². The standard InChI is InChI=1S/C17H14N3/c1-11-6-12(2)17-14(7-11)10-19-9-13-4-5-15(18-3)8-16(13)20(17)19/h4-9H,10H2,1-2H3/q+1. The molecule has 0 saturated heterocycles. The molecule has 3 heteroatoms. The fourth-order valence-corrected chi connectivity index (χ4v) is 3.26. The smallest absolute Gasteiger partial charge is 0.204 e. The highest BCUT2D eigenvalue weighted by Crippen LogP contribution is 2.30. The summed E-state index contributed by atoms with van der Waals surface area (Å²) in [5.41, 5.74) is 7.03. The summed E-state index contributed by atoms with van der Waals surface area (Å²) in [6.45, 7) is 12.4. The molecule has 0 bridgehead atoms. The van der Waals surface area contributed by atoms with Crippen LogP contribution in [0.15, 0.2) is 36.5 Å². The van der Waals surface area contributed by atoms with Crippen LogP contribution in [0.4, 0.5) is 5.69 Å². The first-order chi connectivity index (χ1) is 9.67. The van der Waals surface area contributed by atoms with E-state index < -0.39 is 0 Å². The molecule has 1 aliphatic rings. The highest BCUT2D eigenvalue weighted by Gasteiger charge is 2.29. The van der Waals surface area contributed by atoms with Gasteiger partial charge in [0.25, 0.3) is 0 Å². The Balaban J connectivity index is 2.10. The zero-order valence-electron chi connectivity index (χ0n) is 11.5. The molecule has 1 aromatic heterocycles. The maximum Gasteiger partial charge on any atom is 0.204 e. The van der Waals surface area contributed by atoms with Crippen molar-refractivity contribution in [2.24, 2.45) is 0 Å². The van der Waals surface area contributed by atoms with Crippen LogP contribution in [0, 0.1) is 20.4 Å². The Labute approximate surface area is 117 Å². The van der Waals surface area contributed by atoms with Gasteiger partial charge in [0.15, 0.2) is 12.2 Å². The zero-order chi connectivity index (χ0) is 13.9. The third-order valence-electron chi connectivity index (χ3n) is 3.98. The van der Waals surface area contributed by atoms with Gasteiger partial charge in [0.05, 0.1) is 12.0 Å². The summed E-state index contributed by atoms with van der Waals surface area (Å²) in [5.74, 6) is 0. The monoisotopic (exact) mass is 260 g/mol. The third-order valence-corrected chi connectivity index (χ3v) is 3.98. The van der Waals surface area contributed by atoms with Gasteiger partial charge in [0, 0.05) is 5.56 Å². The van der Waals surface area contributed by atoms with Crippen molar-refractivity contribution in [3.8, 4) is 5.69 Å². The van der Waals surface area contributed by atoms with Crippen LogP contribution >= 0.6 is 0 Å². The first-order valence-electron chi connectivity index (χ1n) is 6.70. The molecular weight excluding hydrogens is 246 g/mol. The van der Waals surface area contributed by atoms with Crippen molar-refractivity contribution >= 4 is 16.6 Å². The van der Waals surface area contributed by atoms with E-state index >= 15 is 0 Å². The number of hydrogen-bond donors (Lipinski definition) is 0. The highest BCUT2D eigenvalue weighted by atomic mass is 15.4. The minimum Gasteiger partial charge on any atom is -0.238 e. The van der Waals surface area contributed by atoms with Crippen LogP contribution < -0.4 is 4.68 Å². The Bertz CT molecular complexity index is 910. The van der Waals surface area contributed by atoms with E-state index in [1.54, 1.807) is 0 Å². The van der Waals surface area contributed by atoms with Crippen LogP contribution in [0.5, 0.6) is 0 Å². The predicted molar refractivity (Wildman–Crippen MR) is 78.3 cm³/mol. The van der Waals surface area contributed by atoms with E-state index in [-0.39, 0.29) is 0 Å². The van der Waals surface area contributed by atoms with Crippen LogP contribution in [0.25, 0.3) is 21.4 Å². The molecule has 20 heavy (non-hydrogen) atoms. The third kappa shape index (κ3) is 1.36. The lowest BCUT2D eigenvalue weighted by molar-refractivity contribution is -0.749. The Morgan fingerprint density at radius 1 is 1.20 bits per heavy atom. The van der Waals surface area contributed by atoms with Crippen molar-refractivity contribution in [1.29, 1.82) is 0 Å². The van der Waals surface area contributed by atoms with E-state index in [0.29, 0.717) is 5.69 Å². The summed E-state index contributed by atoms with van der Waals surface area (Å²) < 4.78 is 4.48. The quantitative estimate of drug-likeness (QED) is 0.339. The minimum atomic E-state index is 0.692. The molecule has 0 aliphatic carbocycles. The van der Waals surface area contributed by atoms with Gasteiger partial charge in [-0.3, -0.25) is 0 Å². The van der Waals surface area contributed by atoms with Crippen LogP contribution in [0.3, 0.4) is 0 Å². The molecule has 3 nitrogen and oxygen atoms in total. The molecule has 0 N–H and O–H groups in total. The molecule has 0 atom stereocenters. The minimum absolute atomic E-state index is 0.692. The second-order valence-corrected chi connectivity index (χ2v) is 5.48. The maximum atomic E-state index is 7.19. The van der Waals surface area contributed by atoms with Gasteiger partial charge in [0.1, 0.15) is 11.2 Å². The Kier molecular flexibility index (Phi) is 2.08. The number of aromatic nitrogens is 2. The van der Waals surface area contributed by atoms with E-state index in [1.165, 1.54) is 27.8 Å². The van der Waals surface area contributed by atoms with Crippen molar-refractivity contribution in [2.45, 2.75) is 20.4 Å². The van der Waals surface area contributed by atoms with Gasteiger partial charge in [-0.15, -0.1) is 9.36 Å². The van der Waals surface area contributed by atoms with Gasteiger partial charge < -0.3 is 0 Å². The van der Waals surface area contributed by atoms with Crippen LogP contribution in [-0.2, 0) is 6.54 Å². The molecule has 0 fully saturated rings. The van der Waals surface area contributed by atoms with E-state index in [4.69, 9.17) is 6.57 Å². The molecule has 2 heterocycles. The number of nitrogens with zero attached hydrogens (tertiary/aromatic N) is 3. The molecule has 0 unspecified atom stereocenters. The van der Waals surface area contributed by atoms with Gasteiger partial charge in [0.2, 0.25) is 6.20 Å². The summed E-state index contributed by atoms with van der Waals surface area (Å²) in [6.07, 6.45) is 2.16. The number of hydrogen-bond acceptors (Lipinski definition) is 0. The fraction of sp³-hybridized carbons (Fsp3) is 0.176. The molecule has 2 aromatic carbocycles. The molecule has 0 saturated carbocycles. The average Bonchev–Trinajstić information content (AvgIpc) is 2.92. The van der Waals surface area contributed by atoms with E-state index in [1.807, 2.05) is 18.2 Å². The van der Waals surface area contributed by atoms with Crippen molar-refractivity contribution < 1.29 is 4.68 Å². The van der Waals surface area contributed by atoms with Crippen molar-refractivity contribution in [3.05, 3.63) is 64.6 Å². The summed E-state index contributed by atoms with van der Waals surface area (Å²) in [7, 11) is 0. The van der Waals surface area contributed by atoms with Crippen LogP contribution in [0.2, 0.25) is 0 Å². The summed E-state index contributed by atoms with van der Waals surface area (Å²) in [6, 6.07) is 10.4. The molecular formula is C17H14N3+. The van der Waals surface area contributed by atoms with Gasteiger partial charge in [-0.1, -0.05) is 23.8 Å². The molecule has 0 spiro atoms. The molecule has 1 aliphatic heterocycles. The second-order valence-electron chi connectivity index (χ2n) is 5.48. The first kappa shape index (κ1) is 11.2. The predicted octanol–water partition coefficient (Wildman–Crippen LogP) is 3.45. The van der Waals surface area contributed by atoms with Crippen molar-refractivity contribution in [3.63, 3.8) is 0 Å². The van der Waals surface area contributed by atoms with E-state index in [9.17, 15) is 0 Å². The van der Waals surface area contributed by atoms with Crippen molar-refractivity contribution in [1.82, 2.24) is 4.68 Å². The average molecular weight is 260 g/mol. The van der Waals surface area contributed by atoms with Crippen LogP contribution in [-0.4, -0.2) is 4.68 Å². The molecule has 4 rings (SSSR count). The molecule has 3 aromatic rings. The Morgan fingerprint density at radius 2 is 2.05 bits per heavy atom. The molecule has 0 amide bonds. The number of fused-ring (bicyclic) bond motifs is 5. The highest BCUT2D eigenvalue weighted by molar-refractivity contribution is 5.83. The Morgan fingerprint density at radius 3 is 2.85 bits per heavy atom. The fourth-order valence-electron chi connectivity index (χ4n) is 3.26. The summed E-state index contributed by atoms with van der Waals surface area (Å²) in [4.78, 5) is 3.55. The largest absolute Gasteiger partial charge is 0.238 e. The van der Waals surface area contributed by atoms with Crippen molar-refractivity contribution in [2.75, 3.05) is 0 Å². The Hall–Kier alpha value is -2.60. The SMILES string of the molecule is [C-]#[N+]c1ccc2c[n+]3n(c2c1)-c1c(C)cc(C)cc1C3. The second kappa shape index (κ2) is 3.71. The zero-order valence-corrected chi connectivity index (χ0v) is 11.5. The normalized spacial score (nSPS) is 12.2. The van der Waals surface area contributed by atoms with Gasteiger partial charge >= 0.3 is 0 Å².